The van der Waals surface area contributed by atoms with Crippen LogP contribution in [0.1, 0.15) is 36.0 Å². The molecule has 1 aromatic rings. The van der Waals surface area contributed by atoms with Crippen LogP contribution in [0.2, 0.25) is 0 Å². The first-order valence-electron chi connectivity index (χ1n) is 6.86. The minimum absolute atomic E-state index is 0.139. The molecule has 0 bridgehead atoms. The zero-order valence-corrected chi connectivity index (χ0v) is 12.1. The number of amides is 1. The van der Waals surface area contributed by atoms with Gasteiger partial charge in [0, 0.05) is 19.2 Å². The van der Waals surface area contributed by atoms with Gasteiger partial charge < -0.3 is 20.5 Å². The van der Waals surface area contributed by atoms with Gasteiger partial charge in [-0.15, -0.1) is 0 Å². The van der Waals surface area contributed by atoms with Crippen molar-refractivity contribution in [3.8, 4) is 5.75 Å². The van der Waals surface area contributed by atoms with Crippen LogP contribution in [0.4, 0.5) is 5.69 Å². The van der Waals surface area contributed by atoms with Gasteiger partial charge in [0.05, 0.1) is 18.4 Å². The molecule has 5 nitrogen and oxygen atoms in total. The van der Waals surface area contributed by atoms with Crippen LogP contribution in [0.3, 0.4) is 0 Å². The molecule has 0 heterocycles. The molecular weight excluding hydrogens is 256 g/mol. The molecule has 20 heavy (non-hydrogen) atoms. The molecule has 0 spiro atoms. The summed E-state index contributed by atoms with van der Waals surface area (Å²) in [5.41, 5.74) is 6.02. The van der Waals surface area contributed by atoms with Crippen molar-refractivity contribution in [2.75, 3.05) is 26.4 Å². The number of hydrogen-bond donors (Lipinski definition) is 2. The number of rotatable bonds is 4. The van der Waals surface area contributed by atoms with Crippen molar-refractivity contribution in [1.82, 2.24) is 4.90 Å². The lowest BCUT2D eigenvalue weighted by Crippen LogP contribution is -2.42. The average Bonchev–Trinajstić information content (AvgIpc) is 2.84. The summed E-state index contributed by atoms with van der Waals surface area (Å²) in [6.07, 6.45) is 3.56. The Morgan fingerprint density at radius 3 is 2.65 bits per heavy atom. The highest BCUT2D eigenvalue weighted by Crippen LogP contribution is 2.30. The predicted molar refractivity (Wildman–Crippen MR) is 77.8 cm³/mol. The molecule has 0 atom stereocenters. The Labute approximate surface area is 119 Å². The van der Waals surface area contributed by atoms with E-state index in [0.29, 0.717) is 23.5 Å². The van der Waals surface area contributed by atoms with Gasteiger partial charge in [0.15, 0.2) is 0 Å². The van der Waals surface area contributed by atoms with Gasteiger partial charge in [-0.3, -0.25) is 4.79 Å². The lowest BCUT2D eigenvalue weighted by molar-refractivity contribution is 0.0157. The number of nitrogen functional groups attached to an aromatic ring is 1. The quantitative estimate of drug-likeness (QED) is 0.821. The van der Waals surface area contributed by atoms with Crippen LogP contribution < -0.4 is 10.5 Å². The molecule has 1 aliphatic rings. The zero-order valence-electron chi connectivity index (χ0n) is 12.1. The van der Waals surface area contributed by atoms with Crippen LogP contribution in [0.25, 0.3) is 0 Å². The molecule has 1 amide bonds. The Hall–Kier alpha value is -1.75. The molecule has 1 aliphatic carbocycles. The van der Waals surface area contributed by atoms with Crippen LogP contribution in [0.15, 0.2) is 18.2 Å². The van der Waals surface area contributed by atoms with Crippen molar-refractivity contribution in [1.29, 1.82) is 0 Å². The lowest BCUT2D eigenvalue weighted by atomic mass is 10.0. The van der Waals surface area contributed by atoms with Gasteiger partial charge in [-0.05, 0) is 31.0 Å². The van der Waals surface area contributed by atoms with Crippen molar-refractivity contribution < 1.29 is 14.6 Å². The molecule has 0 unspecified atom stereocenters. The zero-order chi connectivity index (χ0) is 14.8. The van der Waals surface area contributed by atoms with E-state index in [2.05, 4.69) is 0 Å². The van der Waals surface area contributed by atoms with Crippen LogP contribution >= 0.6 is 0 Å². The summed E-state index contributed by atoms with van der Waals surface area (Å²) in [4.78, 5) is 13.9. The Balaban J connectivity index is 2.08. The molecule has 0 radical (unpaired) electrons. The normalized spacial score (nSPS) is 16.9. The third kappa shape index (κ3) is 3.04. The number of nitrogens with zero attached hydrogens (tertiary/aromatic N) is 1. The second kappa shape index (κ2) is 5.71. The van der Waals surface area contributed by atoms with Crippen LogP contribution in [0.5, 0.6) is 5.75 Å². The molecule has 1 fully saturated rings. The maximum absolute atomic E-state index is 12.3. The van der Waals surface area contributed by atoms with E-state index in [9.17, 15) is 9.90 Å². The summed E-state index contributed by atoms with van der Waals surface area (Å²) in [5, 5.41) is 10.4. The molecule has 1 aromatic carbocycles. The highest BCUT2D eigenvalue weighted by Gasteiger charge is 2.33. The molecule has 0 saturated heterocycles. The van der Waals surface area contributed by atoms with Gasteiger partial charge >= 0.3 is 0 Å². The topological polar surface area (TPSA) is 75.8 Å². The van der Waals surface area contributed by atoms with Crippen LogP contribution in [-0.2, 0) is 0 Å². The number of likely N-dealkylation sites (N-methyl/N-ethyl adjacent to an activating group) is 1. The van der Waals surface area contributed by atoms with E-state index < -0.39 is 5.60 Å². The molecule has 2 rings (SSSR count). The van der Waals surface area contributed by atoms with Gasteiger partial charge in [0.2, 0.25) is 0 Å². The average molecular weight is 278 g/mol. The van der Waals surface area contributed by atoms with Crippen LogP contribution in [-0.4, -0.2) is 42.2 Å². The van der Waals surface area contributed by atoms with E-state index in [1.165, 1.54) is 7.11 Å². The summed E-state index contributed by atoms with van der Waals surface area (Å²) in [6.45, 7) is 0.359. The first-order chi connectivity index (χ1) is 9.45. The summed E-state index contributed by atoms with van der Waals surface area (Å²) >= 11 is 0. The van der Waals surface area contributed by atoms with E-state index in [0.717, 1.165) is 25.7 Å². The number of carbonyl (C=O) groups is 1. The summed E-state index contributed by atoms with van der Waals surface area (Å²) in [6, 6.07) is 4.98. The Morgan fingerprint density at radius 1 is 1.45 bits per heavy atom. The van der Waals surface area contributed by atoms with E-state index >= 15 is 0 Å². The molecule has 1 saturated carbocycles. The highest BCUT2D eigenvalue weighted by atomic mass is 16.5. The largest absolute Gasteiger partial charge is 0.495 e. The van der Waals surface area contributed by atoms with Crippen molar-refractivity contribution in [3.05, 3.63) is 23.8 Å². The number of anilines is 1. The van der Waals surface area contributed by atoms with E-state index in [1.807, 2.05) is 0 Å². The standard InChI is InChI=1S/C15H22N2O3/c1-17(10-15(19)7-3-4-8-15)14(18)11-5-6-13(20-2)12(16)9-11/h5-6,9,19H,3-4,7-8,10,16H2,1-2H3. The van der Waals surface area contributed by atoms with Gasteiger partial charge in [-0.25, -0.2) is 0 Å². The molecule has 5 heteroatoms. The maximum Gasteiger partial charge on any atom is 0.253 e. The van der Waals surface area contributed by atoms with Crippen molar-refractivity contribution >= 4 is 11.6 Å². The number of nitrogens with two attached hydrogens (primary N) is 1. The fourth-order valence-corrected chi connectivity index (χ4v) is 2.79. The third-order valence-electron chi connectivity index (χ3n) is 3.89. The molecule has 0 aromatic heterocycles. The van der Waals surface area contributed by atoms with Gasteiger partial charge in [0.1, 0.15) is 5.75 Å². The van der Waals surface area contributed by atoms with Crippen molar-refractivity contribution in [3.63, 3.8) is 0 Å². The van der Waals surface area contributed by atoms with E-state index in [1.54, 1.807) is 30.1 Å². The van der Waals surface area contributed by atoms with E-state index in [-0.39, 0.29) is 5.91 Å². The molecule has 0 aliphatic heterocycles. The second-order valence-corrected chi connectivity index (χ2v) is 5.55. The van der Waals surface area contributed by atoms with Gasteiger partial charge in [-0.1, -0.05) is 12.8 Å². The number of hydrogen-bond acceptors (Lipinski definition) is 4. The SMILES string of the molecule is COc1ccc(C(=O)N(C)CC2(O)CCCC2)cc1N. The summed E-state index contributed by atoms with van der Waals surface area (Å²) < 4.78 is 5.07. The second-order valence-electron chi connectivity index (χ2n) is 5.55. The monoisotopic (exact) mass is 278 g/mol. The molecule has 110 valence electrons. The van der Waals surface area contributed by atoms with Gasteiger partial charge in [-0.2, -0.15) is 0 Å². The lowest BCUT2D eigenvalue weighted by Gasteiger charge is -2.28. The number of carbonyl (C=O) groups excluding carboxylic acids is 1. The van der Waals surface area contributed by atoms with Crippen LogP contribution in [0, 0.1) is 0 Å². The van der Waals surface area contributed by atoms with Crippen molar-refractivity contribution in [2.24, 2.45) is 0 Å². The Kier molecular flexibility index (Phi) is 4.18. The van der Waals surface area contributed by atoms with E-state index in [4.69, 9.17) is 10.5 Å². The summed E-state index contributed by atoms with van der Waals surface area (Å²) in [7, 11) is 3.24. The number of methoxy groups -OCH3 is 1. The summed E-state index contributed by atoms with van der Waals surface area (Å²) in [5.74, 6) is 0.415. The van der Waals surface area contributed by atoms with Gasteiger partial charge in [0.25, 0.3) is 5.91 Å². The fourth-order valence-electron chi connectivity index (χ4n) is 2.79. The molecule has 3 N–H and O–H groups in total. The minimum Gasteiger partial charge on any atom is -0.495 e. The first-order valence-corrected chi connectivity index (χ1v) is 6.86. The first kappa shape index (κ1) is 14.7. The number of ether oxygens (including phenoxy) is 1. The smallest absolute Gasteiger partial charge is 0.253 e. The number of benzene rings is 1. The Bertz CT molecular complexity index is 496. The predicted octanol–water partition coefficient (Wildman–Crippen LogP) is 1.65. The number of aliphatic hydroxyl groups is 1. The third-order valence-corrected chi connectivity index (χ3v) is 3.89. The van der Waals surface area contributed by atoms with Crippen molar-refractivity contribution in [2.45, 2.75) is 31.3 Å². The molecular formula is C15H22N2O3. The maximum atomic E-state index is 12.3. The highest BCUT2D eigenvalue weighted by molar-refractivity contribution is 5.95. The minimum atomic E-state index is -0.734. The Morgan fingerprint density at radius 2 is 2.10 bits per heavy atom. The fraction of sp³-hybridized carbons (Fsp3) is 0.533.